The molecule has 0 amide bonds. The number of rotatable bonds is 7. The van der Waals surface area contributed by atoms with E-state index in [9.17, 15) is 4.39 Å². The zero-order chi connectivity index (χ0) is 21.6. The molecule has 0 atom stereocenters. The summed E-state index contributed by atoms with van der Waals surface area (Å²) in [6, 6.07) is 21.6. The summed E-state index contributed by atoms with van der Waals surface area (Å²) in [7, 11) is 1.59. The Balaban J connectivity index is 1.61. The Hall–Kier alpha value is -3.78. The first kappa shape index (κ1) is 20.5. The van der Waals surface area contributed by atoms with Gasteiger partial charge in [-0.3, -0.25) is 0 Å². The molecule has 31 heavy (non-hydrogen) atoms. The summed E-state index contributed by atoms with van der Waals surface area (Å²) < 4.78 is 27.2. The first-order valence-electron chi connectivity index (χ1n) is 9.47. The number of ether oxygens (including phenoxy) is 2. The van der Waals surface area contributed by atoms with Crippen molar-refractivity contribution in [2.45, 2.75) is 6.61 Å². The van der Waals surface area contributed by atoms with Gasteiger partial charge < -0.3 is 9.47 Å². The number of aromatic nitrogens is 3. The van der Waals surface area contributed by atoms with E-state index in [2.05, 4.69) is 15.3 Å². The lowest BCUT2D eigenvalue weighted by molar-refractivity contribution is 0.284. The van der Waals surface area contributed by atoms with Gasteiger partial charge in [-0.1, -0.05) is 42.5 Å². The van der Waals surface area contributed by atoms with E-state index in [1.54, 1.807) is 37.6 Å². The van der Waals surface area contributed by atoms with Gasteiger partial charge in [0.25, 0.3) is 0 Å². The second-order valence-corrected chi connectivity index (χ2v) is 6.96. The predicted molar refractivity (Wildman–Crippen MR) is 120 cm³/mol. The number of methoxy groups -OCH3 is 1. The maximum atomic E-state index is 14.2. The highest BCUT2D eigenvalue weighted by Gasteiger charge is 2.12. The van der Waals surface area contributed by atoms with E-state index in [0.717, 1.165) is 11.1 Å². The fourth-order valence-electron chi connectivity index (χ4n) is 2.96. The fourth-order valence-corrected chi connectivity index (χ4v) is 3.14. The molecule has 0 unspecified atom stereocenters. The summed E-state index contributed by atoms with van der Waals surface area (Å²) in [5, 5.41) is 11.2. The van der Waals surface area contributed by atoms with Crippen LogP contribution >= 0.6 is 12.2 Å². The van der Waals surface area contributed by atoms with Crippen LogP contribution in [0.25, 0.3) is 11.4 Å². The monoisotopic (exact) mass is 434 g/mol. The van der Waals surface area contributed by atoms with E-state index >= 15 is 0 Å². The van der Waals surface area contributed by atoms with E-state index in [0.29, 0.717) is 23.7 Å². The number of halogens is 1. The van der Waals surface area contributed by atoms with Crippen LogP contribution in [0, 0.1) is 10.6 Å². The van der Waals surface area contributed by atoms with Crippen LogP contribution < -0.4 is 9.47 Å². The number of hydrogen-bond donors (Lipinski definition) is 1. The minimum absolute atomic E-state index is 0.253. The van der Waals surface area contributed by atoms with Crippen LogP contribution in [0.2, 0.25) is 0 Å². The SMILES string of the molecule is COc1ccc(/C=N/n2c(-c3ccccc3F)n[nH]c2=S)cc1OCc1ccccc1. The highest BCUT2D eigenvalue weighted by molar-refractivity contribution is 7.71. The van der Waals surface area contributed by atoms with Crippen molar-refractivity contribution < 1.29 is 13.9 Å². The lowest BCUT2D eigenvalue weighted by atomic mass is 10.2. The molecular weight excluding hydrogens is 415 g/mol. The molecule has 0 aliphatic heterocycles. The van der Waals surface area contributed by atoms with Gasteiger partial charge in [-0.15, -0.1) is 0 Å². The fraction of sp³-hybridized carbons (Fsp3) is 0.0870. The van der Waals surface area contributed by atoms with Gasteiger partial charge in [0.15, 0.2) is 17.3 Å². The van der Waals surface area contributed by atoms with Gasteiger partial charge in [0.2, 0.25) is 4.77 Å². The van der Waals surface area contributed by atoms with E-state index in [4.69, 9.17) is 21.7 Å². The lowest BCUT2D eigenvalue weighted by Gasteiger charge is -2.11. The maximum absolute atomic E-state index is 14.2. The largest absolute Gasteiger partial charge is 0.493 e. The van der Waals surface area contributed by atoms with Crippen LogP contribution in [-0.2, 0) is 6.61 Å². The highest BCUT2D eigenvalue weighted by atomic mass is 32.1. The number of hydrogen-bond acceptors (Lipinski definition) is 5. The molecule has 1 aromatic heterocycles. The number of nitrogens with one attached hydrogen (secondary N) is 1. The molecule has 1 N–H and O–H groups in total. The summed E-state index contributed by atoms with van der Waals surface area (Å²) >= 11 is 5.26. The summed E-state index contributed by atoms with van der Waals surface area (Å²) in [5.74, 6) is 1.07. The summed E-state index contributed by atoms with van der Waals surface area (Å²) in [6.07, 6.45) is 1.60. The zero-order valence-corrected chi connectivity index (χ0v) is 17.5. The molecule has 0 fully saturated rings. The van der Waals surface area contributed by atoms with Gasteiger partial charge in [-0.05, 0) is 53.7 Å². The van der Waals surface area contributed by atoms with E-state index in [1.165, 1.54) is 10.7 Å². The Bertz CT molecular complexity index is 1270. The second kappa shape index (κ2) is 9.36. The highest BCUT2D eigenvalue weighted by Crippen LogP contribution is 2.28. The molecular formula is C23H19FN4O2S. The predicted octanol–water partition coefficient (Wildman–Crippen LogP) is 5.22. The Labute approximate surface area is 183 Å². The first-order chi connectivity index (χ1) is 15.2. The van der Waals surface area contributed by atoms with Crippen molar-refractivity contribution in [1.82, 2.24) is 14.9 Å². The molecule has 3 aromatic carbocycles. The summed E-state index contributed by atoms with van der Waals surface area (Å²) in [6.45, 7) is 0.405. The molecule has 0 aliphatic rings. The van der Waals surface area contributed by atoms with Crippen molar-refractivity contribution in [2.24, 2.45) is 5.10 Å². The quantitative estimate of drug-likeness (QED) is 0.320. The lowest BCUT2D eigenvalue weighted by Crippen LogP contribution is -1.99. The number of H-pyrrole nitrogens is 1. The van der Waals surface area contributed by atoms with Crippen molar-refractivity contribution in [3.8, 4) is 22.9 Å². The van der Waals surface area contributed by atoms with E-state index in [1.807, 2.05) is 42.5 Å². The molecule has 0 radical (unpaired) electrons. The smallest absolute Gasteiger partial charge is 0.216 e. The molecule has 0 spiro atoms. The van der Waals surface area contributed by atoms with Crippen LogP contribution in [0.1, 0.15) is 11.1 Å². The Morgan fingerprint density at radius 3 is 2.61 bits per heavy atom. The van der Waals surface area contributed by atoms with Gasteiger partial charge in [0.05, 0.1) is 18.9 Å². The van der Waals surface area contributed by atoms with Gasteiger partial charge in [-0.2, -0.15) is 14.9 Å². The number of nitrogens with zero attached hydrogens (tertiary/aromatic N) is 3. The summed E-state index contributed by atoms with van der Waals surface area (Å²) in [4.78, 5) is 0. The van der Waals surface area contributed by atoms with Crippen molar-refractivity contribution in [3.63, 3.8) is 0 Å². The molecule has 1 heterocycles. The van der Waals surface area contributed by atoms with Gasteiger partial charge in [0, 0.05) is 0 Å². The first-order valence-corrected chi connectivity index (χ1v) is 9.88. The van der Waals surface area contributed by atoms with Crippen molar-refractivity contribution in [2.75, 3.05) is 7.11 Å². The molecule has 156 valence electrons. The molecule has 6 nitrogen and oxygen atoms in total. The van der Waals surface area contributed by atoms with E-state index < -0.39 is 5.82 Å². The molecule has 0 aliphatic carbocycles. The third kappa shape index (κ3) is 4.70. The standard InChI is InChI=1S/C23H19FN4O2S/c1-29-20-12-11-17(13-21(20)30-15-16-7-3-2-4-8-16)14-25-28-22(26-27-23(28)31)18-9-5-6-10-19(18)24/h2-14H,15H2,1H3,(H,27,31)/b25-14+. The van der Waals surface area contributed by atoms with Crippen LogP contribution in [0.15, 0.2) is 77.9 Å². The summed E-state index contributed by atoms with van der Waals surface area (Å²) in [5.41, 5.74) is 2.10. The van der Waals surface area contributed by atoms with Crippen molar-refractivity contribution in [3.05, 3.63) is 94.5 Å². The van der Waals surface area contributed by atoms with Crippen LogP contribution in [0.3, 0.4) is 0 Å². The third-order valence-corrected chi connectivity index (χ3v) is 4.78. The minimum atomic E-state index is -0.408. The van der Waals surface area contributed by atoms with Gasteiger partial charge in [-0.25, -0.2) is 9.49 Å². The van der Waals surface area contributed by atoms with Crippen molar-refractivity contribution in [1.29, 1.82) is 0 Å². The number of aromatic amines is 1. The second-order valence-electron chi connectivity index (χ2n) is 6.57. The molecule has 0 saturated heterocycles. The molecule has 8 heteroatoms. The Morgan fingerprint density at radius 1 is 1.06 bits per heavy atom. The number of benzene rings is 3. The normalized spacial score (nSPS) is 11.0. The molecule has 0 bridgehead atoms. The van der Waals surface area contributed by atoms with Gasteiger partial charge in [0.1, 0.15) is 12.4 Å². The van der Waals surface area contributed by atoms with E-state index in [-0.39, 0.29) is 10.6 Å². The molecule has 4 aromatic rings. The van der Waals surface area contributed by atoms with Gasteiger partial charge >= 0.3 is 0 Å². The Morgan fingerprint density at radius 2 is 1.84 bits per heavy atom. The molecule has 0 saturated carbocycles. The van der Waals surface area contributed by atoms with Crippen molar-refractivity contribution >= 4 is 18.4 Å². The van der Waals surface area contributed by atoms with Crippen LogP contribution in [-0.4, -0.2) is 28.2 Å². The minimum Gasteiger partial charge on any atom is -0.493 e. The average molecular weight is 434 g/mol. The average Bonchev–Trinajstić information content (AvgIpc) is 3.17. The molecule has 4 rings (SSSR count). The topological polar surface area (TPSA) is 64.4 Å². The zero-order valence-electron chi connectivity index (χ0n) is 16.7. The van der Waals surface area contributed by atoms with Crippen LogP contribution in [0.5, 0.6) is 11.5 Å². The third-order valence-electron chi connectivity index (χ3n) is 4.51. The Kier molecular flexibility index (Phi) is 6.18. The maximum Gasteiger partial charge on any atom is 0.216 e. The van der Waals surface area contributed by atoms with Crippen LogP contribution in [0.4, 0.5) is 4.39 Å².